The summed E-state index contributed by atoms with van der Waals surface area (Å²) in [5, 5.41) is 11.7. The highest BCUT2D eigenvalue weighted by Crippen LogP contribution is 2.19. The first-order valence-corrected chi connectivity index (χ1v) is 7.06. The van der Waals surface area contributed by atoms with Crippen LogP contribution in [0.15, 0.2) is 54.6 Å². The van der Waals surface area contributed by atoms with E-state index in [0.29, 0.717) is 12.1 Å². The number of carbonyl (C=O) groups is 1. The Kier molecular flexibility index (Phi) is 5.11. The van der Waals surface area contributed by atoms with Gasteiger partial charge < -0.3 is 5.32 Å². The molecule has 3 heteroatoms. The van der Waals surface area contributed by atoms with Crippen LogP contribution in [0.5, 0.6) is 0 Å². The summed E-state index contributed by atoms with van der Waals surface area (Å²) in [6.07, 6.45) is 0.767. The molecule has 0 aliphatic heterocycles. The minimum atomic E-state index is -0.121. The fraction of sp³-hybridized carbons (Fsp3) is 0.222. The Morgan fingerprint density at radius 2 is 1.81 bits per heavy atom. The number of amides is 1. The van der Waals surface area contributed by atoms with Crippen LogP contribution in [0.3, 0.4) is 0 Å². The highest BCUT2D eigenvalue weighted by Gasteiger charge is 2.17. The first-order valence-electron chi connectivity index (χ1n) is 7.06. The molecule has 2 aromatic rings. The molecule has 106 valence electrons. The molecule has 3 nitrogen and oxygen atoms in total. The van der Waals surface area contributed by atoms with E-state index in [1.54, 1.807) is 12.1 Å². The molecule has 0 bridgehead atoms. The fourth-order valence-electron chi connectivity index (χ4n) is 2.27. The summed E-state index contributed by atoms with van der Waals surface area (Å²) in [5.74, 6) is -0.0855. The highest BCUT2D eigenvalue weighted by molar-refractivity contribution is 5.83. The second-order valence-corrected chi connectivity index (χ2v) is 4.90. The average Bonchev–Trinajstić information content (AvgIpc) is 2.55. The van der Waals surface area contributed by atoms with Crippen LogP contribution in [0.25, 0.3) is 0 Å². The van der Waals surface area contributed by atoms with E-state index in [9.17, 15) is 4.79 Å². The van der Waals surface area contributed by atoms with Crippen LogP contribution in [0.2, 0.25) is 0 Å². The normalized spacial score (nSPS) is 11.4. The Bertz CT molecular complexity index is 627. The lowest BCUT2D eigenvalue weighted by molar-refractivity contribution is -0.122. The third kappa shape index (κ3) is 3.93. The van der Waals surface area contributed by atoms with Crippen molar-refractivity contribution in [1.82, 2.24) is 5.32 Å². The highest BCUT2D eigenvalue weighted by atomic mass is 16.1. The fourth-order valence-corrected chi connectivity index (χ4v) is 2.27. The average molecular weight is 278 g/mol. The molecule has 1 atom stereocenters. The van der Waals surface area contributed by atoms with E-state index in [2.05, 4.69) is 11.4 Å². The van der Waals surface area contributed by atoms with Crippen molar-refractivity contribution in [3.05, 3.63) is 71.3 Å². The second kappa shape index (κ2) is 7.25. The lowest BCUT2D eigenvalue weighted by Gasteiger charge is -2.15. The maximum absolute atomic E-state index is 12.3. The van der Waals surface area contributed by atoms with Crippen molar-refractivity contribution < 1.29 is 4.79 Å². The zero-order chi connectivity index (χ0) is 15.1. The van der Waals surface area contributed by atoms with Crippen molar-refractivity contribution in [3.63, 3.8) is 0 Å². The van der Waals surface area contributed by atoms with Gasteiger partial charge in [-0.25, -0.2) is 0 Å². The van der Waals surface area contributed by atoms with Gasteiger partial charge in [-0.15, -0.1) is 0 Å². The predicted molar refractivity (Wildman–Crippen MR) is 82.5 cm³/mol. The summed E-state index contributed by atoms with van der Waals surface area (Å²) in [6, 6.07) is 19.1. The molecule has 21 heavy (non-hydrogen) atoms. The number of hydrogen-bond donors (Lipinski definition) is 1. The molecule has 0 aromatic heterocycles. The first kappa shape index (κ1) is 14.8. The SMILES string of the molecule is CCC(C(=O)NCc1ccc(C#N)cc1)c1ccccc1. The van der Waals surface area contributed by atoms with Crippen molar-refractivity contribution in [3.8, 4) is 6.07 Å². The maximum atomic E-state index is 12.3. The monoisotopic (exact) mass is 278 g/mol. The molecular formula is C18H18N2O. The summed E-state index contributed by atoms with van der Waals surface area (Å²) in [6.45, 7) is 2.49. The number of carbonyl (C=O) groups excluding carboxylic acids is 1. The maximum Gasteiger partial charge on any atom is 0.227 e. The Morgan fingerprint density at radius 3 is 2.38 bits per heavy atom. The van der Waals surface area contributed by atoms with Gasteiger partial charge in [0, 0.05) is 6.54 Å². The van der Waals surface area contributed by atoms with E-state index in [-0.39, 0.29) is 11.8 Å². The molecule has 0 heterocycles. The van der Waals surface area contributed by atoms with Gasteiger partial charge in [-0.1, -0.05) is 49.4 Å². The summed E-state index contributed by atoms with van der Waals surface area (Å²) in [4.78, 5) is 12.3. The van der Waals surface area contributed by atoms with Gasteiger partial charge in [-0.2, -0.15) is 5.26 Å². The van der Waals surface area contributed by atoms with Gasteiger partial charge >= 0.3 is 0 Å². The molecule has 1 unspecified atom stereocenters. The molecule has 2 aromatic carbocycles. The van der Waals surface area contributed by atoms with Gasteiger partial charge in [-0.3, -0.25) is 4.79 Å². The molecule has 0 spiro atoms. The number of nitriles is 1. The number of nitrogens with zero attached hydrogens (tertiary/aromatic N) is 1. The van der Waals surface area contributed by atoms with Crippen LogP contribution >= 0.6 is 0 Å². The van der Waals surface area contributed by atoms with Crippen LogP contribution in [0.4, 0.5) is 0 Å². The molecule has 0 aliphatic rings. The Morgan fingerprint density at radius 1 is 1.14 bits per heavy atom. The summed E-state index contributed by atoms with van der Waals surface area (Å²) < 4.78 is 0. The van der Waals surface area contributed by atoms with Crippen molar-refractivity contribution in [2.75, 3.05) is 0 Å². The van der Waals surface area contributed by atoms with Crippen molar-refractivity contribution >= 4 is 5.91 Å². The van der Waals surface area contributed by atoms with E-state index < -0.39 is 0 Å². The topological polar surface area (TPSA) is 52.9 Å². The summed E-state index contributed by atoms with van der Waals surface area (Å²) in [7, 11) is 0. The summed E-state index contributed by atoms with van der Waals surface area (Å²) in [5.41, 5.74) is 2.66. The van der Waals surface area contributed by atoms with Gasteiger partial charge in [0.25, 0.3) is 0 Å². The van der Waals surface area contributed by atoms with Gasteiger partial charge in [-0.05, 0) is 29.7 Å². The van der Waals surface area contributed by atoms with E-state index in [1.165, 1.54) is 0 Å². The van der Waals surface area contributed by atoms with E-state index in [4.69, 9.17) is 5.26 Å². The van der Waals surface area contributed by atoms with Crippen molar-refractivity contribution in [1.29, 1.82) is 5.26 Å². The molecule has 1 N–H and O–H groups in total. The van der Waals surface area contributed by atoms with E-state index in [1.807, 2.05) is 49.4 Å². The van der Waals surface area contributed by atoms with Crippen LogP contribution in [0, 0.1) is 11.3 Å². The summed E-state index contributed by atoms with van der Waals surface area (Å²) >= 11 is 0. The molecule has 0 saturated heterocycles. The Balaban J connectivity index is 1.98. The first-order chi connectivity index (χ1) is 10.2. The lowest BCUT2D eigenvalue weighted by Crippen LogP contribution is -2.28. The number of hydrogen-bond acceptors (Lipinski definition) is 2. The number of rotatable bonds is 5. The third-order valence-corrected chi connectivity index (χ3v) is 3.48. The minimum absolute atomic E-state index is 0.0352. The van der Waals surface area contributed by atoms with Gasteiger partial charge in [0.2, 0.25) is 5.91 Å². The predicted octanol–water partition coefficient (Wildman–Crippen LogP) is 3.37. The van der Waals surface area contributed by atoms with E-state index >= 15 is 0 Å². The molecule has 2 rings (SSSR count). The number of benzene rings is 2. The standard InChI is InChI=1S/C18H18N2O/c1-2-17(16-6-4-3-5-7-16)18(21)20-13-15-10-8-14(12-19)9-11-15/h3-11,17H,2,13H2,1H3,(H,20,21). The third-order valence-electron chi connectivity index (χ3n) is 3.48. The molecule has 0 aliphatic carbocycles. The number of nitrogens with one attached hydrogen (secondary N) is 1. The molecule has 0 saturated carbocycles. The van der Waals surface area contributed by atoms with Gasteiger partial charge in [0.1, 0.15) is 0 Å². The largest absolute Gasteiger partial charge is 0.351 e. The second-order valence-electron chi connectivity index (χ2n) is 4.90. The smallest absolute Gasteiger partial charge is 0.227 e. The Hall–Kier alpha value is -2.60. The van der Waals surface area contributed by atoms with Crippen molar-refractivity contribution in [2.45, 2.75) is 25.8 Å². The van der Waals surface area contributed by atoms with Crippen LogP contribution in [-0.2, 0) is 11.3 Å². The lowest BCUT2D eigenvalue weighted by atomic mass is 9.95. The van der Waals surface area contributed by atoms with Gasteiger partial charge in [0.15, 0.2) is 0 Å². The molecular weight excluding hydrogens is 260 g/mol. The zero-order valence-corrected chi connectivity index (χ0v) is 12.0. The van der Waals surface area contributed by atoms with Gasteiger partial charge in [0.05, 0.1) is 17.6 Å². The quantitative estimate of drug-likeness (QED) is 0.911. The molecule has 0 radical (unpaired) electrons. The zero-order valence-electron chi connectivity index (χ0n) is 12.0. The van der Waals surface area contributed by atoms with Crippen LogP contribution in [-0.4, -0.2) is 5.91 Å². The Labute approximate surface area is 125 Å². The van der Waals surface area contributed by atoms with Crippen LogP contribution < -0.4 is 5.32 Å². The molecule has 0 fully saturated rings. The molecule has 1 amide bonds. The van der Waals surface area contributed by atoms with E-state index in [0.717, 1.165) is 17.5 Å². The van der Waals surface area contributed by atoms with Crippen molar-refractivity contribution in [2.24, 2.45) is 0 Å². The minimum Gasteiger partial charge on any atom is -0.351 e. The van der Waals surface area contributed by atoms with Crippen LogP contribution in [0.1, 0.15) is 36.0 Å².